The Hall–Kier alpha value is -3.55. The lowest BCUT2D eigenvalue weighted by Gasteiger charge is -2.30. The second kappa shape index (κ2) is 11.9. The van der Waals surface area contributed by atoms with Crippen molar-refractivity contribution in [3.05, 3.63) is 99.4 Å². The van der Waals surface area contributed by atoms with E-state index in [4.69, 9.17) is 11.6 Å². The minimum atomic E-state index is -0.151. The van der Waals surface area contributed by atoms with E-state index in [-0.39, 0.29) is 17.7 Å². The number of hydrogen-bond donors (Lipinski definition) is 1. The summed E-state index contributed by atoms with van der Waals surface area (Å²) in [6, 6.07) is 22.6. The summed E-state index contributed by atoms with van der Waals surface area (Å²) < 4.78 is 0. The van der Waals surface area contributed by atoms with Gasteiger partial charge in [0.2, 0.25) is 5.91 Å². The van der Waals surface area contributed by atoms with Gasteiger partial charge in [0.05, 0.1) is 17.1 Å². The maximum absolute atomic E-state index is 13.5. The molecule has 3 aromatic carbocycles. The van der Waals surface area contributed by atoms with E-state index < -0.39 is 0 Å². The van der Waals surface area contributed by atoms with Crippen molar-refractivity contribution in [1.29, 1.82) is 0 Å². The van der Waals surface area contributed by atoms with Gasteiger partial charge >= 0.3 is 0 Å². The summed E-state index contributed by atoms with van der Waals surface area (Å²) in [5.41, 5.74) is 3.22. The van der Waals surface area contributed by atoms with Crippen LogP contribution in [0.15, 0.2) is 82.6 Å². The van der Waals surface area contributed by atoms with Gasteiger partial charge in [-0.2, -0.15) is 0 Å². The summed E-state index contributed by atoms with van der Waals surface area (Å²) in [4.78, 5) is 43.0. The van der Waals surface area contributed by atoms with Crippen LogP contribution >= 0.6 is 23.4 Å². The third-order valence-corrected chi connectivity index (χ3v) is 7.91. The lowest BCUT2D eigenvalue weighted by atomic mass is 10.1. The third kappa shape index (κ3) is 6.11. The largest absolute Gasteiger partial charge is 0.352 e. The number of hydrogen-bond acceptors (Lipinski definition) is 4. The molecule has 194 valence electrons. The van der Waals surface area contributed by atoms with E-state index in [0.29, 0.717) is 41.5 Å². The number of thioether (sulfide) groups is 1. The average Bonchev–Trinajstić information content (AvgIpc) is 3.33. The molecule has 0 spiro atoms. The Balaban J connectivity index is 1.25. The molecule has 0 saturated carbocycles. The zero-order valence-corrected chi connectivity index (χ0v) is 22.4. The van der Waals surface area contributed by atoms with E-state index in [2.05, 4.69) is 5.32 Å². The summed E-state index contributed by atoms with van der Waals surface area (Å²) in [6.07, 6.45) is 4.15. The number of amides is 3. The van der Waals surface area contributed by atoms with Crippen molar-refractivity contribution in [3.63, 3.8) is 0 Å². The molecular weight excluding hydrogens is 518 g/mol. The van der Waals surface area contributed by atoms with E-state index in [1.54, 1.807) is 17.0 Å². The van der Waals surface area contributed by atoms with Crippen LogP contribution in [-0.4, -0.2) is 42.3 Å². The maximum Gasteiger partial charge on any atom is 0.265 e. The van der Waals surface area contributed by atoms with Gasteiger partial charge < -0.3 is 15.1 Å². The van der Waals surface area contributed by atoms with E-state index in [0.717, 1.165) is 41.1 Å². The maximum atomic E-state index is 13.5. The van der Waals surface area contributed by atoms with Crippen LogP contribution in [0.5, 0.6) is 0 Å². The monoisotopic (exact) mass is 545 g/mol. The molecule has 3 amide bonds. The molecule has 3 aromatic rings. The van der Waals surface area contributed by atoms with Crippen molar-refractivity contribution in [2.75, 3.05) is 24.5 Å². The normalized spacial score (nSPS) is 16.2. The summed E-state index contributed by atoms with van der Waals surface area (Å²) in [5, 5.41) is 3.56. The third-order valence-electron chi connectivity index (χ3n) is 6.59. The van der Waals surface area contributed by atoms with Crippen LogP contribution in [0.3, 0.4) is 0 Å². The van der Waals surface area contributed by atoms with E-state index in [1.165, 1.54) is 11.8 Å². The van der Waals surface area contributed by atoms with Crippen molar-refractivity contribution in [2.45, 2.75) is 30.7 Å². The summed E-state index contributed by atoms with van der Waals surface area (Å²) in [7, 11) is 0. The average molecular weight is 546 g/mol. The standard InChI is InChI=1S/C30H28ClN3O3S/c31-24-7-3-6-22(18-24)20-34-25-8-1-2-9-26(25)38-27(30(34)37)19-21-11-13-23(14-12-21)29(36)32-15-5-17-33-16-4-10-28(33)35/h1-3,6-9,11-14,18-19H,4-5,10,15-17,20H2,(H,32,36)/b27-19+. The van der Waals surface area contributed by atoms with Crippen LogP contribution in [0.1, 0.15) is 40.7 Å². The van der Waals surface area contributed by atoms with Crippen LogP contribution in [-0.2, 0) is 16.1 Å². The first-order chi connectivity index (χ1) is 18.5. The molecule has 0 atom stereocenters. The molecule has 6 nitrogen and oxygen atoms in total. The molecule has 0 aliphatic carbocycles. The lowest BCUT2D eigenvalue weighted by molar-refractivity contribution is -0.127. The predicted molar refractivity (Wildman–Crippen MR) is 152 cm³/mol. The van der Waals surface area contributed by atoms with Crippen LogP contribution in [0, 0.1) is 0 Å². The van der Waals surface area contributed by atoms with Crippen molar-refractivity contribution in [1.82, 2.24) is 10.2 Å². The fourth-order valence-electron chi connectivity index (χ4n) is 4.63. The number of benzene rings is 3. The zero-order valence-electron chi connectivity index (χ0n) is 20.9. The molecule has 8 heteroatoms. The minimum Gasteiger partial charge on any atom is -0.352 e. The first kappa shape index (κ1) is 26.1. The molecule has 1 fully saturated rings. The molecule has 2 heterocycles. The first-order valence-electron chi connectivity index (χ1n) is 12.7. The molecule has 38 heavy (non-hydrogen) atoms. The SMILES string of the molecule is O=C(NCCCN1CCCC1=O)c1ccc(/C=C2/Sc3ccccc3N(Cc3cccc(Cl)c3)C2=O)cc1. The fraction of sp³-hybridized carbons (Fsp3) is 0.233. The Labute approximate surface area is 231 Å². The fourth-order valence-corrected chi connectivity index (χ4v) is 5.91. The topological polar surface area (TPSA) is 69.7 Å². The molecule has 2 aliphatic heterocycles. The number of anilines is 1. The van der Waals surface area contributed by atoms with E-state index in [9.17, 15) is 14.4 Å². The van der Waals surface area contributed by atoms with Crippen LogP contribution < -0.4 is 10.2 Å². The molecule has 1 N–H and O–H groups in total. The number of carbonyl (C=O) groups excluding carboxylic acids is 3. The molecule has 0 radical (unpaired) electrons. The van der Waals surface area contributed by atoms with Gasteiger partial charge in [0, 0.05) is 41.5 Å². The smallest absolute Gasteiger partial charge is 0.265 e. The Morgan fingerprint density at radius 2 is 1.84 bits per heavy atom. The minimum absolute atomic E-state index is 0.0769. The number of carbonyl (C=O) groups is 3. The second-order valence-corrected chi connectivity index (χ2v) is 10.8. The quantitative estimate of drug-likeness (QED) is 0.288. The van der Waals surface area contributed by atoms with Crippen LogP contribution in [0.2, 0.25) is 5.02 Å². The van der Waals surface area contributed by atoms with E-state index >= 15 is 0 Å². The van der Waals surface area contributed by atoms with Crippen LogP contribution in [0.25, 0.3) is 6.08 Å². The predicted octanol–water partition coefficient (Wildman–Crippen LogP) is 5.76. The van der Waals surface area contributed by atoms with Gasteiger partial charge in [0.15, 0.2) is 0 Å². The Kier molecular flexibility index (Phi) is 8.15. The molecule has 1 saturated heterocycles. The molecule has 5 rings (SSSR count). The number of nitrogens with zero attached hydrogens (tertiary/aromatic N) is 2. The highest BCUT2D eigenvalue weighted by Gasteiger charge is 2.29. The van der Waals surface area contributed by atoms with Gasteiger partial charge in [-0.15, -0.1) is 0 Å². The number of halogens is 1. The molecule has 2 aliphatic rings. The highest BCUT2D eigenvalue weighted by atomic mass is 35.5. The number of nitrogens with one attached hydrogen (secondary N) is 1. The highest BCUT2D eigenvalue weighted by molar-refractivity contribution is 8.04. The number of para-hydroxylation sites is 1. The van der Waals surface area contributed by atoms with Gasteiger partial charge in [-0.1, -0.05) is 59.8 Å². The van der Waals surface area contributed by atoms with Crippen molar-refractivity contribution >= 4 is 52.8 Å². The highest BCUT2D eigenvalue weighted by Crippen LogP contribution is 2.42. The van der Waals surface area contributed by atoms with E-state index in [1.807, 2.05) is 71.6 Å². The Bertz CT molecular complexity index is 1390. The molecule has 0 unspecified atom stereocenters. The second-order valence-electron chi connectivity index (χ2n) is 9.32. The Morgan fingerprint density at radius 1 is 1.03 bits per heavy atom. The summed E-state index contributed by atoms with van der Waals surface area (Å²) >= 11 is 7.62. The zero-order chi connectivity index (χ0) is 26.5. The van der Waals surface area contributed by atoms with Gasteiger partial charge in [0.1, 0.15) is 0 Å². The molecular formula is C30H28ClN3O3S. The number of likely N-dealkylation sites (tertiary alicyclic amines) is 1. The molecule has 0 aromatic heterocycles. The first-order valence-corrected chi connectivity index (χ1v) is 13.9. The van der Waals surface area contributed by atoms with Gasteiger partial charge in [-0.25, -0.2) is 0 Å². The molecule has 0 bridgehead atoms. The van der Waals surface area contributed by atoms with Crippen LogP contribution in [0.4, 0.5) is 5.69 Å². The number of fused-ring (bicyclic) bond motifs is 1. The Morgan fingerprint density at radius 3 is 2.61 bits per heavy atom. The van der Waals surface area contributed by atoms with Gasteiger partial charge in [-0.05, 0) is 66.4 Å². The van der Waals surface area contributed by atoms with Crippen molar-refractivity contribution < 1.29 is 14.4 Å². The number of rotatable bonds is 8. The van der Waals surface area contributed by atoms with Gasteiger partial charge in [0.25, 0.3) is 11.8 Å². The van der Waals surface area contributed by atoms with Gasteiger partial charge in [-0.3, -0.25) is 14.4 Å². The summed E-state index contributed by atoms with van der Waals surface area (Å²) in [6.45, 7) is 2.42. The summed E-state index contributed by atoms with van der Waals surface area (Å²) in [5.74, 6) is -0.0274. The van der Waals surface area contributed by atoms with Crippen molar-refractivity contribution in [2.24, 2.45) is 0 Å². The van der Waals surface area contributed by atoms with Crippen molar-refractivity contribution in [3.8, 4) is 0 Å². The lowest BCUT2D eigenvalue weighted by Crippen LogP contribution is -2.33.